The van der Waals surface area contributed by atoms with E-state index in [9.17, 15) is 4.79 Å². The van der Waals surface area contributed by atoms with E-state index >= 15 is 0 Å². The summed E-state index contributed by atoms with van der Waals surface area (Å²) >= 11 is 0. The largest absolute Gasteiger partial charge is 0.497 e. The fourth-order valence-corrected chi connectivity index (χ4v) is 1.71. The van der Waals surface area contributed by atoms with E-state index < -0.39 is 0 Å². The first-order valence-electron chi connectivity index (χ1n) is 5.37. The van der Waals surface area contributed by atoms with Crippen LogP contribution in [0.1, 0.15) is 16.1 Å². The van der Waals surface area contributed by atoms with E-state index in [1.165, 1.54) is 6.20 Å². The van der Waals surface area contributed by atoms with Gasteiger partial charge in [-0.05, 0) is 19.1 Å². The third-order valence-corrected chi connectivity index (χ3v) is 2.68. The number of nitrogens with zero attached hydrogens (tertiary/aromatic N) is 2. The Kier molecular flexibility index (Phi) is 3.29. The molecule has 0 bridgehead atoms. The van der Waals surface area contributed by atoms with Gasteiger partial charge in [-0.2, -0.15) is 5.10 Å². The Balaban J connectivity index is 2.45. The lowest BCUT2D eigenvalue weighted by Gasteiger charge is -2.07. The molecule has 0 spiro atoms. The number of carbonyl (C=O) groups excluding carboxylic acids is 1. The van der Waals surface area contributed by atoms with E-state index in [1.54, 1.807) is 18.7 Å². The number of nitrogens with two attached hydrogens (primary N) is 1. The van der Waals surface area contributed by atoms with Crippen LogP contribution in [-0.4, -0.2) is 22.8 Å². The van der Waals surface area contributed by atoms with Gasteiger partial charge in [0.15, 0.2) is 0 Å². The fraction of sp³-hybridized carbons (Fsp3) is 0.167. The van der Waals surface area contributed by atoms with Crippen LogP contribution >= 0.6 is 0 Å². The van der Waals surface area contributed by atoms with Crippen molar-refractivity contribution in [1.82, 2.24) is 15.2 Å². The highest BCUT2D eigenvalue weighted by molar-refractivity contribution is 5.94. The van der Waals surface area contributed by atoms with Gasteiger partial charge in [0.2, 0.25) is 0 Å². The van der Waals surface area contributed by atoms with Gasteiger partial charge < -0.3 is 4.74 Å². The van der Waals surface area contributed by atoms with E-state index in [2.05, 4.69) is 10.5 Å². The number of methoxy groups -OCH3 is 1. The number of nitrogens with one attached hydrogen (secondary N) is 1. The summed E-state index contributed by atoms with van der Waals surface area (Å²) in [6.45, 7) is 1.80. The van der Waals surface area contributed by atoms with Gasteiger partial charge in [0.25, 0.3) is 5.91 Å². The molecule has 0 radical (unpaired) electrons. The van der Waals surface area contributed by atoms with Gasteiger partial charge >= 0.3 is 0 Å². The van der Waals surface area contributed by atoms with Crippen LogP contribution in [0.25, 0.3) is 5.69 Å². The highest BCUT2D eigenvalue weighted by Gasteiger charge is 2.14. The summed E-state index contributed by atoms with van der Waals surface area (Å²) in [6.07, 6.45) is 1.48. The lowest BCUT2D eigenvalue weighted by Crippen LogP contribution is -2.30. The third-order valence-electron chi connectivity index (χ3n) is 2.68. The number of aromatic nitrogens is 2. The van der Waals surface area contributed by atoms with Crippen molar-refractivity contribution in [3.63, 3.8) is 0 Å². The van der Waals surface area contributed by atoms with Gasteiger partial charge in [0.05, 0.1) is 30.3 Å². The minimum absolute atomic E-state index is 0.360. The molecule has 0 fully saturated rings. The predicted molar refractivity (Wildman–Crippen MR) is 66.5 cm³/mol. The first-order valence-corrected chi connectivity index (χ1v) is 5.37. The predicted octanol–water partition coefficient (Wildman–Crippen LogP) is 0.793. The summed E-state index contributed by atoms with van der Waals surface area (Å²) in [7, 11) is 1.60. The molecule has 1 amide bonds. The van der Waals surface area contributed by atoms with E-state index in [4.69, 9.17) is 10.6 Å². The Morgan fingerprint density at radius 2 is 2.28 bits per heavy atom. The molecule has 18 heavy (non-hydrogen) atoms. The second kappa shape index (κ2) is 4.89. The smallest absolute Gasteiger partial charge is 0.268 e. The monoisotopic (exact) mass is 246 g/mol. The zero-order valence-electron chi connectivity index (χ0n) is 10.2. The van der Waals surface area contributed by atoms with Crippen molar-refractivity contribution in [2.24, 2.45) is 5.84 Å². The average Bonchev–Trinajstić information content (AvgIpc) is 2.80. The molecular formula is C12H14N4O2. The van der Waals surface area contributed by atoms with Crippen LogP contribution in [0.2, 0.25) is 0 Å². The molecule has 0 aliphatic rings. The van der Waals surface area contributed by atoms with Gasteiger partial charge in [-0.3, -0.25) is 10.2 Å². The summed E-state index contributed by atoms with van der Waals surface area (Å²) in [4.78, 5) is 11.5. The highest BCUT2D eigenvalue weighted by Crippen LogP contribution is 2.18. The third kappa shape index (κ3) is 2.05. The zero-order valence-corrected chi connectivity index (χ0v) is 10.2. The standard InChI is InChI=1S/C12H14N4O2/c1-8-11(12(17)15-13)7-14-16(8)9-4-3-5-10(6-9)18-2/h3-7H,13H2,1-2H3,(H,15,17). The first kappa shape index (κ1) is 12.1. The van der Waals surface area contributed by atoms with Gasteiger partial charge in [0, 0.05) is 6.07 Å². The minimum Gasteiger partial charge on any atom is -0.497 e. The van der Waals surface area contributed by atoms with Crippen LogP contribution < -0.4 is 16.0 Å². The summed E-state index contributed by atoms with van der Waals surface area (Å²) < 4.78 is 6.81. The molecule has 1 aromatic heterocycles. The van der Waals surface area contributed by atoms with Crippen LogP contribution in [0.4, 0.5) is 0 Å². The van der Waals surface area contributed by atoms with E-state index in [1.807, 2.05) is 24.3 Å². The number of carbonyl (C=O) groups is 1. The van der Waals surface area contributed by atoms with Crippen LogP contribution in [0, 0.1) is 6.92 Å². The second-order valence-corrected chi connectivity index (χ2v) is 3.73. The summed E-state index contributed by atoms with van der Waals surface area (Å²) in [5.74, 6) is 5.48. The number of amides is 1. The molecule has 0 saturated heterocycles. The highest BCUT2D eigenvalue weighted by atomic mass is 16.5. The van der Waals surface area contributed by atoms with Gasteiger partial charge in [-0.25, -0.2) is 10.5 Å². The van der Waals surface area contributed by atoms with Crippen molar-refractivity contribution in [2.75, 3.05) is 7.11 Å². The van der Waals surface area contributed by atoms with Crippen LogP contribution in [0.5, 0.6) is 5.75 Å². The molecular weight excluding hydrogens is 232 g/mol. The van der Waals surface area contributed by atoms with Gasteiger partial charge in [0.1, 0.15) is 5.75 Å². The van der Waals surface area contributed by atoms with E-state index in [0.29, 0.717) is 11.3 Å². The Morgan fingerprint density at radius 3 is 2.94 bits per heavy atom. The fourth-order valence-electron chi connectivity index (χ4n) is 1.71. The van der Waals surface area contributed by atoms with Crippen molar-refractivity contribution in [1.29, 1.82) is 0 Å². The molecule has 2 rings (SSSR count). The first-order chi connectivity index (χ1) is 8.67. The number of nitrogen functional groups attached to an aromatic ring is 1. The number of benzene rings is 1. The van der Waals surface area contributed by atoms with Crippen molar-refractivity contribution in [3.8, 4) is 11.4 Å². The molecule has 1 heterocycles. The molecule has 6 nitrogen and oxygen atoms in total. The molecule has 0 aliphatic heterocycles. The molecule has 3 N–H and O–H groups in total. The van der Waals surface area contributed by atoms with E-state index in [-0.39, 0.29) is 5.91 Å². The summed E-state index contributed by atoms with van der Waals surface area (Å²) in [6, 6.07) is 7.42. The van der Waals surface area contributed by atoms with E-state index in [0.717, 1.165) is 11.4 Å². The summed E-state index contributed by atoms with van der Waals surface area (Å²) in [5, 5.41) is 4.18. The Labute approximate surface area is 104 Å². The second-order valence-electron chi connectivity index (χ2n) is 3.73. The maximum Gasteiger partial charge on any atom is 0.268 e. The maximum absolute atomic E-state index is 11.5. The topological polar surface area (TPSA) is 82.2 Å². The summed E-state index contributed by atoms with van der Waals surface area (Å²) in [5.41, 5.74) is 4.07. The number of rotatable bonds is 3. The molecule has 0 atom stereocenters. The normalized spacial score (nSPS) is 10.2. The maximum atomic E-state index is 11.5. The van der Waals surface area contributed by atoms with Crippen molar-refractivity contribution in [2.45, 2.75) is 6.92 Å². The SMILES string of the molecule is COc1cccc(-n2ncc(C(=O)NN)c2C)c1. The van der Waals surface area contributed by atoms with Crippen molar-refractivity contribution < 1.29 is 9.53 Å². The van der Waals surface area contributed by atoms with Crippen LogP contribution in [0.3, 0.4) is 0 Å². The number of hydrogen-bond acceptors (Lipinski definition) is 4. The van der Waals surface area contributed by atoms with Gasteiger partial charge in [-0.1, -0.05) is 6.07 Å². The number of ether oxygens (including phenoxy) is 1. The number of hydrazine groups is 1. The Bertz CT molecular complexity index is 577. The minimum atomic E-state index is -0.360. The molecule has 0 aliphatic carbocycles. The molecule has 94 valence electrons. The molecule has 1 aromatic carbocycles. The lowest BCUT2D eigenvalue weighted by molar-refractivity contribution is 0.0953. The van der Waals surface area contributed by atoms with Crippen molar-refractivity contribution >= 4 is 5.91 Å². The van der Waals surface area contributed by atoms with Crippen LogP contribution in [-0.2, 0) is 0 Å². The van der Waals surface area contributed by atoms with Gasteiger partial charge in [-0.15, -0.1) is 0 Å². The lowest BCUT2D eigenvalue weighted by atomic mass is 10.2. The molecule has 6 heteroatoms. The quantitative estimate of drug-likeness (QED) is 0.476. The zero-order chi connectivity index (χ0) is 13.1. The van der Waals surface area contributed by atoms with Crippen molar-refractivity contribution in [3.05, 3.63) is 41.7 Å². The molecule has 2 aromatic rings. The Hall–Kier alpha value is -2.34. The molecule has 0 unspecified atom stereocenters. The number of hydrogen-bond donors (Lipinski definition) is 2. The Morgan fingerprint density at radius 1 is 1.50 bits per heavy atom. The molecule has 0 saturated carbocycles. The van der Waals surface area contributed by atoms with Crippen LogP contribution in [0.15, 0.2) is 30.5 Å². The average molecular weight is 246 g/mol.